The zero-order valence-electron chi connectivity index (χ0n) is 11.8. The van der Waals surface area contributed by atoms with Gasteiger partial charge in [0, 0.05) is 11.1 Å². The van der Waals surface area contributed by atoms with Gasteiger partial charge >= 0.3 is 0 Å². The molecule has 3 heteroatoms. The van der Waals surface area contributed by atoms with Crippen molar-refractivity contribution in [1.29, 1.82) is 0 Å². The maximum atomic E-state index is 13.9. The van der Waals surface area contributed by atoms with Crippen molar-refractivity contribution in [1.82, 2.24) is 0 Å². The lowest BCUT2D eigenvalue weighted by molar-refractivity contribution is 0.155. The van der Waals surface area contributed by atoms with Gasteiger partial charge in [-0.25, -0.2) is 4.39 Å². The van der Waals surface area contributed by atoms with Crippen molar-refractivity contribution in [3.8, 4) is 0 Å². The molecule has 0 aromatic heterocycles. The van der Waals surface area contributed by atoms with Gasteiger partial charge < -0.3 is 5.32 Å². The van der Waals surface area contributed by atoms with Crippen LogP contribution in [-0.2, 0) is 0 Å². The molecule has 0 aliphatic heterocycles. The Balaban J connectivity index is 1.92. The van der Waals surface area contributed by atoms with Gasteiger partial charge in [-0.3, -0.25) is 0 Å². The first kappa shape index (κ1) is 13.2. The molecule has 2 saturated carbocycles. The molecule has 0 spiro atoms. The SMILES string of the molecule is CC12CCC(C1)C(C)(C)C2Nc1cc(Cl)ccc1F. The van der Waals surface area contributed by atoms with Gasteiger partial charge in [-0.05, 0) is 54.2 Å². The van der Waals surface area contributed by atoms with Gasteiger partial charge in [0.25, 0.3) is 0 Å². The Bertz CT molecular complexity index is 509. The molecule has 2 fully saturated rings. The lowest BCUT2D eigenvalue weighted by Gasteiger charge is -2.43. The molecule has 1 aromatic carbocycles. The predicted molar refractivity (Wildman–Crippen MR) is 78.0 cm³/mol. The number of halogens is 2. The first-order valence-electron chi connectivity index (χ1n) is 7.04. The second kappa shape index (κ2) is 4.12. The maximum Gasteiger partial charge on any atom is 0.146 e. The number of rotatable bonds is 2. The van der Waals surface area contributed by atoms with Gasteiger partial charge in [-0.2, -0.15) is 0 Å². The van der Waals surface area contributed by atoms with Crippen LogP contribution in [0.15, 0.2) is 18.2 Å². The zero-order valence-corrected chi connectivity index (χ0v) is 12.5. The highest BCUT2D eigenvalue weighted by molar-refractivity contribution is 6.30. The lowest BCUT2D eigenvalue weighted by atomic mass is 9.68. The Morgan fingerprint density at radius 1 is 1.32 bits per heavy atom. The van der Waals surface area contributed by atoms with Gasteiger partial charge in [0.1, 0.15) is 5.82 Å². The van der Waals surface area contributed by atoms with E-state index in [1.807, 2.05) is 0 Å². The molecule has 2 aliphatic carbocycles. The second-order valence-electron chi connectivity index (χ2n) is 7.12. The monoisotopic (exact) mass is 281 g/mol. The molecular weight excluding hydrogens is 261 g/mol. The number of anilines is 1. The Labute approximate surface area is 119 Å². The molecule has 19 heavy (non-hydrogen) atoms. The topological polar surface area (TPSA) is 12.0 Å². The highest BCUT2D eigenvalue weighted by atomic mass is 35.5. The third-order valence-electron chi connectivity index (χ3n) is 5.50. The minimum Gasteiger partial charge on any atom is -0.379 e. The molecule has 1 aromatic rings. The number of nitrogens with one attached hydrogen (secondary N) is 1. The molecule has 2 bridgehead atoms. The molecule has 3 rings (SSSR count). The fraction of sp³-hybridized carbons (Fsp3) is 0.625. The van der Waals surface area contributed by atoms with Crippen molar-refractivity contribution in [2.75, 3.05) is 5.32 Å². The van der Waals surface area contributed by atoms with Crippen LogP contribution < -0.4 is 5.32 Å². The third-order valence-corrected chi connectivity index (χ3v) is 5.73. The molecule has 2 aliphatic rings. The predicted octanol–water partition coefficient (Wildman–Crippen LogP) is 5.11. The van der Waals surface area contributed by atoms with E-state index in [-0.39, 0.29) is 16.6 Å². The van der Waals surface area contributed by atoms with Gasteiger partial charge in [0.15, 0.2) is 0 Å². The number of benzene rings is 1. The normalized spacial score (nSPS) is 35.6. The van der Waals surface area contributed by atoms with E-state index in [1.165, 1.54) is 25.3 Å². The van der Waals surface area contributed by atoms with E-state index in [9.17, 15) is 4.39 Å². The van der Waals surface area contributed by atoms with Crippen LogP contribution in [0.3, 0.4) is 0 Å². The third kappa shape index (κ3) is 1.96. The van der Waals surface area contributed by atoms with Crippen LogP contribution in [0.4, 0.5) is 10.1 Å². The fourth-order valence-electron chi connectivity index (χ4n) is 4.43. The van der Waals surface area contributed by atoms with E-state index in [4.69, 9.17) is 11.6 Å². The molecule has 104 valence electrons. The molecule has 0 amide bonds. The van der Waals surface area contributed by atoms with E-state index in [2.05, 4.69) is 26.1 Å². The van der Waals surface area contributed by atoms with Gasteiger partial charge in [0.2, 0.25) is 0 Å². The summed E-state index contributed by atoms with van der Waals surface area (Å²) in [6, 6.07) is 5.04. The Kier molecular flexibility index (Phi) is 2.87. The average Bonchev–Trinajstić information content (AvgIpc) is 2.80. The highest BCUT2D eigenvalue weighted by Gasteiger charge is 2.59. The van der Waals surface area contributed by atoms with Crippen molar-refractivity contribution in [2.24, 2.45) is 16.7 Å². The molecule has 0 saturated heterocycles. The van der Waals surface area contributed by atoms with Crippen molar-refractivity contribution in [3.63, 3.8) is 0 Å². The Morgan fingerprint density at radius 2 is 2.05 bits per heavy atom. The summed E-state index contributed by atoms with van der Waals surface area (Å²) in [4.78, 5) is 0. The van der Waals surface area contributed by atoms with Crippen molar-refractivity contribution < 1.29 is 4.39 Å². The largest absolute Gasteiger partial charge is 0.379 e. The standard InChI is InChI=1S/C16H21ClFN/c1-15(2)10-6-7-16(3,9-10)14(15)19-13-8-11(17)4-5-12(13)18/h4-5,8,10,14,19H,6-7,9H2,1-3H3. The van der Waals surface area contributed by atoms with Crippen LogP contribution in [-0.4, -0.2) is 6.04 Å². The fourth-order valence-corrected chi connectivity index (χ4v) is 4.60. The van der Waals surface area contributed by atoms with Crippen LogP contribution in [0, 0.1) is 22.6 Å². The molecule has 1 N–H and O–H groups in total. The Morgan fingerprint density at radius 3 is 2.68 bits per heavy atom. The van der Waals surface area contributed by atoms with Crippen molar-refractivity contribution in [3.05, 3.63) is 29.0 Å². The maximum absolute atomic E-state index is 13.9. The second-order valence-corrected chi connectivity index (χ2v) is 7.55. The smallest absolute Gasteiger partial charge is 0.146 e. The molecule has 0 heterocycles. The van der Waals surface area contributed by atoms with Crippen LogP contribution in [0.1, 0.15) is 40.0 Å². The minimum atomic E-state index is -0.216. The summed E-state index contributed by atoms with van der Waals surface area (Å²) >= 11 is 5.98. The van der Waals surface area contributed by atoms with Crippen LogP contribution >= 0.6 is 11.6 Å². The summed E-state index contributed by atoms with van der Waals surface area (Å²) < 4.78 is 13.9. The zero-order chi connectivity index (χ0) is 13.8. The van der Waals surface area contributed by atoms with E-state index < -0.39 is 0 Å². The lowest BCUT2D eigenvalue weighted by Crippen LogP contribution is -2.45. The summed E-state index contributed by atoms with van der Waals surface area (Å²) in [7, 11) is 0. The van der Waals surface area contributed by atoms with Crippen LogP contribution in [0.2, 0.25) is 5.02 Å². The molecule has 1 nitrogen and oxygen atoms in total. The number of hydrogen-bond donors (Lipinski definition) is 1. The molecular formula is C16H21ClFN. The summed E-state index contributed by atoms with van der Waals surface area (Å²) in [5, 5.41) is 4.03. The minimum absolute atomic E-state index is 0.210. The molecule has 3 unspecified atom stereocenters. The molecule has 0 radical (unpaired) electrons. The Hall–Kier alpha value is -0.760. The van der Waals surface area contributed by atoms with Crippen molar-refractivity contribution >= 4 is 17.3 Å². The number of hydrogen-bond acceptors (Lipinski definition) is 1. The summed E-state index contributed by atoms with van der Waals surface area (Å²) in [6.45, 7) is 6.95. The number of fused-ring (bicyclic) bond motifs is 2. The van der Waals surface area contributed by atoms with Crippen LogP contribution in [0.25, 0.3) is 0 Å². The van der Waals surface area contributed by atoms with Crippen LogP contribution in [0.5, 0.6) is 0 Å². The van der Waals surface area contributed by atoms with Gasteiger partial charge in [-0.1, -0.05) is 32.4 Å². The quantitative estimate of drug-likeness (QED) is 0.795. The summed E-state index contributed by atoms with van der Waals surface area (Å²) in [5.74, 6) is 0.531. The van der Waals surface area contributed by atoms with E-state index in [0.29, 0.717) is 16.8 Å². The summed E-state index contributed by atoms with van der Waals surface area (Å²) in [6.07, 6.45) is 3.79. The van der Waals surface area contributed by atoms with Crippen molar-refractivity contribution in [2.45, 2.75) is 46.1 Å². The van der Waals surface area contributed by atoms with Gasteiger partial charge in [-0.15, -0.1) is 0 Å². The summed E-state index contributed by atoms with van der Waals surface area (Å²) in [5.41, 5.74) is 1.03. The van der Waals surface area contributed by atoms with E-state index >= 15 is 0 Å². The first-order chi connectivity index (χ1) is 8.83. The highest BCUT2D eigenvalue weighted by Crippen LogP contribution is 2.63. The molecule has 3 atom stereocenters. The van der Waals surface area contributed by atoms with E-state index in [1.54, 1.807) is 12.1 Å². The average molecular weight is 282 g/mol. The van der Waals surface area contributed by atoms with E-state index in [0.717, 1.165) is 5.92 Å². The van der Waals surface area contributed by atoms with Gasteiger partial charge in [0.05, 0.1) is 5.69 Å². The first-order valence-corrected chi connectivity index (χ1v) is 7.42.